The van der Waals surface area contributed by atoms with Crippen LogP contribution in [0.4, 0.5) is 4.39 Å². The summed E-state index contributed by atoms with van der Waals surface area (Å²) in [5.41, 5.74) is 6.64. The van der Waals surface area contributed by atoms with Gasteiger partial charge in [0.15, 0.2) is 0 Å². The summed E-state index contributed by atoms with van der Waals surface area (Å²) < 4.78 is 12.7. The minimum Gasteiger partial charge on any atom is -0.324 e. The minimum atomic E-state index is -0.368. The quantitative estimate of drug-likeness (QED) is 0.774. The third kappa shape index (κ3) is 2.53. The van der Waals surface area contributed by atoms with Gasteiger partial charge in [0.25, 0.3) is 0 Å². The number of hydrogen-bond donors (Lipinski definition) is 2. The largest absolute Gasteiger partial charge is 0.324 e. The van der Waals surface area contributed by atoms with Gasteiger partial charge in [-0.25, -0.2) is 4.39 Å². The van der Waals surface area contributed by atoms with Crippen LogP contribution in [0.1, 0.15) is 25.5 Å². The molecule has 1 aromatic carbocycles. The average Bonchev–Trinajstić information content (AvgIpc) is 2.07. The SMILES string of the molecule is CNC(c1ccc(F)cc1)C(C)(C)N. The molecule has 14 heavy (non-hydrogen) atoms. The predicted molar refractivity (Wildman–Crippen MR) is 56.5 cm³/mol. The highest BCUT2D eigenvalue weighted by atomic mass is 19.1. The lowest BCUT2D eigenvalue weighted by Gasteiger charge is -2.30. The summed E-state index contributed by atoms with van der Waals surface area (Å²) in [5, 5.41) is 3.13. The van der Waals surface area contributed by atoms with Gasteiger partial charge in [-0.1, -0.05) is 12.1 Å². The lowest BCUT2D eigenvalue weighted by molar-refractivity contribution is 0.370. The summed E-state index contributed by atoms with van der Waals surface area (Å²) >= 11 is 0. The van der Waals surface area contributed by atoms with Gasteiger partial charge in [-0.2, -0.15) is 0 Å². The molecule has 0 aliphatic heterocycles. The fourth-order valence-electron chi connectivity index (χ4n) is 1.62. The molecule has 2 nitrogen and oxygen atoms in total. The third-order valence-corrected chi connectivity index (χ3v) is 2.24. The van der Waals surface area contributed by atoms with Crippen LogP contribution < -0.4 is 11.1 Å². The van der Waals surface area contributed by atoms with Crippen molar-refractivity contribution in [2.75, 3.05) is 7.05 Å². The molecular formula is C11H17FN2. The number of likely N-dealkylation sites (N-methyl/N-ethyl adjacent to an activating group) is 1. The van der Waals surface area contributed by atoms with Crippen LogP contribution >= 0.6 is 0 Å². The second-order valence-corrected chi connectivity index (χ2v) is 4.09. The van der Waals surface area contributed by atoms with Gasteiger partial charge >= 0.3 is 0 Å². The van der Waals surface area contributed by atoms with E-state index in [0.717, 1.165) is 5.56 Å². The first-order chi connectivity index (χ1) is 6.45. The molecule has 0 amide bonds. The van der Waals surface area contributed by atoms with Crippen LogP contribution in [0.2, 0.25) is 0 Å². The van der Waals surface area contributed by atoms with Crippen LogP contribution in [0, 0.1) is 5.82 Å². The van der Waals surface area contributed by atoms with Crippen molar-refractivity contribution in [3.8, 4) is 0 Å². The molecule has 0 bridgehead atoms. The minimum absolute atomic E-state index is 0.0306. The van der Waals surface area contributed by atoms with Crippen LogP contribution in [0.15, 0.2) is 24.3 Å². The summed E-state index contributed by atoms with van der Waals surface area (Å²) in [6.45, 7) is 3.88. The number of benzene rings is 1. The molecule has 0 fully saturated rings. The van der Waals surface area contributed by atoms with Crippen LogP contribution in [-0.4, -0.2) is 12.6 Å². The first kappa shape index (κ1) is 11.1. The molecular weight excluding hydrogens is 179 g/mol. The summed E-state index contributed by atoms with van der Waals surface area (Å²) in [6, 6.07) is 6.44. The van der Waals surface area contributed by atoms with Crippen LogP contribution in [0.5, 0.6) is 0 Å². The Morgan fingerprint density at radius 3 is 2.14 bits per heavy atom. The van der Waals surface area contributed by atoms with Crippen molar-refractivity contribution < 1.29 is 4.39 Å². The highest BCUT2D eigenvalue weighted by Gasteiger charge is 2.24. The van der Waals surface area contributed by atoms with Gasteiger partial charge in [0.2, 0.25) is 0 Å². The van der Waals surface area contributed by atoms with Crippen molar-refractivity contribution >= 4 is 0 Å². The van der Waals surface area contributed by atoms with E-state index in [-0.39, 0.29) is 17.4 Å². The standard InChI is InChI=1S/C11H17FN2/c1-11(2,13)10(14-3)8-4-6-9(12)7-5-8/h4-7,10,14H,13H2,1-3H3. The second-order valence-electron chi connectivity index (χ2n) is 4.09. The molecule has 78 valence electrons. The van der Waals surface area contributed by atoms with E-state index in [1.54, 1.807) is 12.1 Å². The van der Waals surface area contributed by atoms with Crippen molar-refractivity contribution in [1.29, 1.82) is 0 Å². The lowest BCUT2D eigenvalue weighted by Crippen LogP contribution is -2.45. The van der Waals surface area contributed by atoms with Gasteiger partial charge in [0, 0.05) is 11.6 Å². The van der Waals surface area contributed by atoms with Gasteiger partial charge in [0.1, 0.15) is 5.82 Å². The van der Waals surface area contributed by atoms with E-state index >= 15 is 0 Å². The Labute approximate surface area is 84.3 Å². The second kappa shape index (κ2) is 4.07. The Balaban J connectivity index is 2.96. The van der Waals surface area contributed by atoms with Crippen LogP contribution in [-0.2, 0) is 0 Å². The summed E-state index contributed by atoms with van der Waals surface area (Å²) in [7, 11) is 1.85. The fourth-order valence-corrected chi connectivity index (χ4v) is 1.62. The van der Waals surface area contributed by atoms with E-state index < -0.39 is 0 Å². The summed E-state index contributed by atoms with van der Waals surface area (Å²) in [6.07, 6.45) is 0. The summed E-state index contributed by atoms with van der Waals surface area (Å²) in [4.78, 5) is 0. The molecule has 0 heterocycles. The fraction of sp³-hybridized carbons (Fsp3) is 0.455. The van der Waals surface area contributed by atoms with Crippen molar-refractivity contribution in [3.63, 3.8) is 0 Å². The smallest absolute Gasteiger partial charge is 0.123 e. The predicted octanol–water partition coefficient (Wildman–Crippen LogP) is 1.82. The van der Waals surface area contributed by atoms with Gasteiger partial charge in [0.05, 0.1) is 0 Å². The first-order valence-corrected chi connectivity index (χ1v) is 4.67. The number of nitrogens with one attached hydrogen (secondary N) is 1. The molecule has 1 aromatic rings. The van der Waals surface area contributed by atoms with E-state index in [4.69, 9.17) is 5.73 Å². The van der Waals surface area contributed by atoms with E-state index in [9.17, 15) is 4.39 Å². The van der Waals surface area contributed by atoms with E-state index in [1.165, 1.54) is 12.1 Å². The first-order valence-electron chi connectivity index (χ1n) is 4.67. The van der Waals surface area contributed by atoms with Crippen molar-refractivity contribution in [2.45, 2.75) is 25.4 Å². The van der Waals surface area contributed by atoms with Crippen LogP contribution in [0.3, 0.4) is 0 Å². The number of hydrogen-bond acceptors (Lipinski definition) is 2. The molecule has 0 aliphatic carbocycles. The summed E-state index contributed by atoms with van der Waals surface area (Å²) in [5.74, 6) is -0.224. The van der Waals surface area contributed by atoms with E-state index in [0.29, 0.717) is 0 Å². The third-order valence-electron chi connectivity index (χ3n) is 2.24. The normalized spacial score (nSPS) is 14.1. The van der Waals surface area contributed by atoms with Crippen molar-refractivity contribution in [1.82, 2.24) is 5.32 Å². The molecule has 0 saturated carbocycles. The Bertz CT molecular complexity index is 287. The molecule has 3 N–H and O–H groups in total. The molecule has 3 heteroatoms. The molecule has 0 aromatic heterocycles. The topological polar surface area (TPSA) is 38.0 Å². The molecule has 1 atom stereocenters. The van der Waals surface area contributed by atoms with E-state index in [2.05, 4.69) is 5.32 Å². The zero-order valence-corrected chi connectivity index (χ0v) is 8.84. The maximum Gasteiger partial charge on any atom is 0.123 e. The highest BCUT2D eigenvalue weighted by molar-refractivity contribution is 5.22. The monoisotopic (exact) mass is 196 g/mol. The maximum atomic E-state index is 12.7. The highest BCUT2D eigenvalue weighted by Crippen LogP contribution is 2.22. The van der Waals surface area contributed by atoms with Gasteiger partial charge < -0.3 is 11.1 Å². The molecule has 1 rings (SSSR count). The lowest BCUT2D eigenvalue weighted by atomic mass is 9.90. The van der Waals surface area contributed by atoms with Crippen molar-refractivity contribution in [3.05, 3.63) is 35.6 Å². The zero-order chi connectivity index (χ0) is 10.8. The zero-order valence-electron chi connectivity index (χ0n) is 8.84. The van der Waals surface area contributed by atoms with E-state index in [1.807, 2.05) is 20.9 Å². The molecule has 0 saturated heterocycles. The molecule has 0 spiro atoms. The molecule has 0 radical (unpaired) electrons. The average molecular weight is 196 g/mol. The number of halogens is 1. The van der Waals surface area contributed by atoms with Crippen LogP contribution in [0.25, 0.3) is 0 Å². The molecule has 0 aliphatic rings. The van der Waals surface area contributed by atoms with Crippen molar-refractivity contribution in [2.24, 2.45) is 5.73 Å². The Hall–Kier alpha value is -0.930. The van der Waals surface area contributed by atoms with Gasteiger partial charge in [-0.15, -0.1) is 0 Å². The molecule has 1 unspecified atom stereocenters. The Morgan fingerprint density at radius 1 is 1.29 bits per heavy atom. The van der Waals surface area contributed by atoms with Gasteiger partial charge in [-0.05, 0) is 38.6 Å². The number of rotatable bonds is 3. The number of nitrogens with two attached hydrogens (primary N) is 1. The Morgan fingerprint density at radius 2 is 1.79 bits per heavy atom. The van der Waals surface area contributed by atoms with Gasteiger partial charge in [-0.3, -0.25) is 0 Å². The Kier molecular flexibility index (Phi) is 3.24. The maximum absolute atomic E-state index is 12.7.